The minimum Gasteiger partial charge on any atom is -0.316 e. The van der Waals surface area contributed by atoms with Crippen LogP contribution in [0.2, 0.25) is 0 Å². The van der Waals surface area contributed by atoms with Crippen LogP contribution in [0.15, 0.2) is 11.5 Å². The lowest BCUT2D eigenvalue weighted by Crippen LogP contribution is -2.26. The van der Waals surface area contributed by atoms with Crippen LogP contribution in [-0.2, 0) is 24.7 Å². The molecule has 2 aromatic heterocycles. The van der Waals surface area contributed by atoms with Crippen LogP contribution in [0.1, 0.15) is 43.2 Å². The maximum Gasteiger partial charge on any atom is 0.235 e. The highest BCUT2D eigenvalue weighted by atomic mass is 32.2. The molecule has 0 aromatic carbocycles. The van der Waals surface area contributed by atoms with Crippen LogP contribution in [0, 0.1) is 22.7 Å². The summed E-state index contributed by atoms with van der Waals surface area (Å²) in [6.45, 7) is 6.82. The zero-order valence-corrected chi connectivity index (χ0v) is 17.1. The molecule has 26 heavy (non-hydrogen) atoms. The Morgan fingerprint density at radius 3 is 2.92 bits per heavy atom. The highest BCUT2D eigenvalue weighted by Gasteiger charge is 2.32. The molecule has 0 radical (unpaired) electrons. The summed E-state index contributed by atoms with van der Waals surface area (Å²) in [7, 11) is 1.84. The van der Waals surface area contributed by atoms with Crippen LogP contribution in [0.25, 0.3) is 0 Å². The van der Waals surface area contributed by atoms with E-state index in [1.165, 1.54) is 16.6 Å². The smallest absolute Gasteiger partial charge is 0.235 e. The lowest BCUT2D eigenvalue weighted by atomic mass is 9.72. The molecule has 0 saturated heterocycles. The standard InChI is InChI=1S/C18H23N5OS2/c1-18(2,3)11-5-6-12-13(8-19)16(26-14(12)7-11)21-15(24)9-25-17-22-20-10-23(17)4/h10-11H,5-7,9H2,1-4H3,(H,21,24)/t11-/m1/s1. The van der Waals surface area contributed by atoms with Gasteiger partial charge in [0, 0.05) is 11.9 Å². The molecule has 1 amide bonds. The zero-order chi connectivity index (χ0) is 18.9. The van der Waals surface area contributed by atoms with Crippen LogP contribution in [0.5, 0.6) is 0 Å². The average molecular weight is 390 g/mol. The number of hydrogen-bond acceptors (Lipinski definition) is 6. The van der Waals surface area contributed by atoms with Crippen molar-refractivity contribution in [2.45, 2.75) is 45.2 Å². The van der Waals surface area contributed by atoms with Crippen LogP contribution >= 0.6 is 23.1 Å². The lowest BCUT2D eigenvalue weighted by molar-refractivity contribution is -0.113. The molecule has 138 valence electrons. The van der Waals surface area contributed by atoms with Crippen molar-refractivity contribution in [3.63, 3.8) is 0 Å². The van der Waals surface area contributed by atoms with Crippen molar-refractivity contribution in [1.29, 1.82) is 5.26 Å². The number of amides is 1. The number of nitrogens with zero attached hydrogens (tertiary/aromatic N) is 4. The third-order valence-electron chi connectivity index (χ3n) is 4.86. The number of rotatable bonds is 4. The van der Waals surface area contributed by atoms with Crippen molar-refractivity contribution >= 4 is 34.0 Å². The normalized spacial score (nSPS) is 16.8. The van der Waals surface area contributed by atoms with Crippen molar-refractivity contribution in [2.24, 2.45) is 18.4 Å². The largest absolute Gasteiger partial charge is 0.316 e. The van der Waals surface area contributed by atoms with Gasteiger partial charge in [0.15, 0.2) is 5.16 Å². The van der Waals surface area contributed by atoms with E-state index in [1.54, 1.807) is 22.2 Å². The van der Waals surface area contributed by atoms with Gasteiger partial charge in [-0.05, 0) is 36.2 Å². The van der Waals surface area contributed by atoms with Crippen molar-refractivity contribution in [2.75, 3.05) is 11.1 Å². The van der Waals surface area contributed by atoms with Crippen molar-refractivity contribution in [1.82, 2.24) is 14.8 Å². The van der Waals surface area contributed by atoms with Crippen molar-refractivity contribution in [3.8, 4) is 6.07 Å². The summed E-state index contributed by atoms with van der Waals surface area (Å²) in [6, 6.07) is 2.30. The topological polar surface area (TPSA) is 83.6 Å². The number of thioether (sulfide) groups is 1. The van der Waals surface area contributed by atoms with E-state index in [4.69, 9.17) is 0 Å². The minimum absolute atomic E-state index is 0.125. The fraction of sp³-hybridized carbons (Fsp3) is 0.556. The van der Waals surface area contributed by atoms with Crippen LogP contribution in [-0.4, -0.2) is 26.4 Å². The molecule has 0 fully saturated rings. The van der Waals surface area contributed by atoms with Gasteiger partial charge in [0.05, 0.1) is 11.3 Å². The Hall–Kier alpha value is -1.85. The molecule has 0 aliphatic heterocycles. The van der Waals surface area contributed by atoms with E-state index in [0.717, 1.165) is 24.8 Å². The van der Waals surface area contributed by atoms with Gasteiger partial charge in [-0.2, -0.15) is 5.26 Å². The van der Waals surface area contributed by atoms with Crippen LogP contribution < -0.4 is 5.32 Å². The summed E-state index contributed by atoms with van der Waals surface area (Å²) in [6.07, 6.45) is 4.60. The molecule has 2 heterocycles. The molecule has 0 spiro atoms. The first kappa shape index (κ1) is 18.9. The Kier molecular flexibility index (Phi) is 5.39. The number of hydrogen-bond donors (Lipinski definition) is 1. The Labute approximate surface area is 162 Å². The second kappa shape index (κ2) is 7.41. The predicted molar refractivity (Wildman–Crippen MR) is 104 cm³/mol. The number of thiophene rings is 1. The van der Waals surface area contributed by atoms with Gasteiger partial charge in [-0.3, -0.25) is 4.79 Å². The monoisotopic (exact) mass is 389 g/mol. The molecule has 1 N–H and O–H groups in total. The first-order chi connectivity index (χ1) is 12.3. The number of nitrogens with one attached hydrogen (secondary N) is 1. The van der Waals surface area contributed by atoms with Gasteiger partial charge in [-0.25, -0.2) is 0 Å². The van der Waals surface area contributed by atoms with Crippen LogP contribution in [0.3, 0.4) is 0 Å². The number of fused-ring (bicyclic) bond motifs is 1. The second-order valence-corrected chi connectivity index (χ2v) is 9.73. The number of aromatic nitrogens is 3. The second-order valence-electron chi connectivity index (χ2n) is 7.69. The van der Waals surface area contributed by atoms with Crippen molar-refractivity contribution < 1.29 is 4.79 Å². The van der Waals surface area contributed by atoms with E-state index in [2.05, 4.69) is 42.4 Å². The summed E-state index contributed by atoms with van der Waals surface area (Å²) < 4.78 is 1.77. The fourth-order valence-corrected chi connectivity index (χ4v) is 5.21. The van der Waals surface area contributed by atoms with E-state index < -0.39 is 0 Å². The molecule has 0 unspecified atom stereocenters. The Balaban J connectivity index is 1.71. The number of nitriles is 1. The molecule has 0 bridgehead atoms. The van der Waals surface area contributed by atoms with Gasteiger partial charge in [0.25, 0.3) is 0 Å². The molecule has 8 heteroatoms. The fourth-order valence-electron chi connectivity index (χ4n) is 3.23. The molecule has 1 aliphatic rings. The van der Waals surface area contributed by atoms with E-state index in [0.29, 0.717) is 21.6 Å². The molecule has 2 aromatic rings. The summed E-state index contributed by atoms with van der Waals surface area (Å²) in [5, 5.41) is 21.7. The van der Waals surface area contributed by atoms with E-state index in [9.17, 15) is 10.1 Å². The van der Waals surface area contributed by atoms with Gasteiger partial charge >= 0.3 is 0 Å². The third kappa shape index (κ3) is 3.94. The Morgan fingerprint density at radius 2 is 2.31 bits per heavy atom. The highest BCUT2D eigenvalue weighted by molar-refractivity contribution is 7.99. The van der Waals surface area contributed by atoms with E-state index >= 15 is 0 Å². The van der Waals surface area contributed by atoms with E-state index in [-0.39, 0.29) is 17.1 Å². The SMILES string of the molecule is Cn1cnnc1SCC(=O)Nc1sc2c(c1C#N)CC[C@@H](C(C)(C)C)C2. The first-order valence-electron chi connectivity index (χ1n) is 8.61. The maximum atomic E-state index is 12.3. The third-order valence-corrected chi connectivity index (χ3v) is 7.06. The summed E-state index contributed by atoms with van der Waals surface area (Å²) >= 11 is 2.90. The molecule has 1 atom stereocenters. The van der Waals surface area contributed by atoms with Gasteiger partial charge in [-0.1, -0.05) is 32.5 Å². The zero-order valence-electron chi connectivity index (χ0n) is 15.5. The Morgan fingerprint density at radius 1 is 1.54 bits per heavy atom. The van der Waals surface area contributed by atoms with Gasteiger partial charge in [0.1, 0.15) is 17.4 Å². The van der Waals surface area contributed by atoms with Crippen molar-refractivity contribution in [3.05, 3.63) is 22.3 Å². The summed E-state index contributed by atoms with van der Waals surface area (Å²) in [5.41, 5.74) is 2.04. The molecule has 3 rings (SSSR count). The Bertz CT molecular complexity index is 856. The van der Waals surface area contributed by atoms with Gasteiger partial charge in [0.2, 0.25) is 5.91 Å². The number of anilines is 1. The minimum atomic E-state index is -0.125. The summed E-state index contributed by atoms with van der Waals surface area (Å²) in [5.74, 6) is 0.723. The quantitative estimate of drug-likeness (QED) is 0.807. The number of aryl methyl sites for hydroxylation is 1. The highest BCUT2D eigenvalue weighted by Crippen LogP contribution is 2.44. The molecule has 0 saturated carbocycles. The molecule has 6 nitrogen and oxygen atoms in total. The molecular formula is C18H23N5OS2. The summed E-state index contributed by atoms with van der Waals surface area (Å²) in [4.78, 5) is 13.6. The first-order valence-corrected chi connectivity index (χ1v) is 10.4. The van der Waals surface area contributed by atoms with Gasteiger partial charge < -0.3 is 9.88 Å². The maximum absolute atomic E-state index is 12.3. The molecule has 1 aliphatic carbocycles. The number of carbonyl (C=O) groups excluding carboxylic acids is 1. The lowest BCUT2D eigenvalue weighted by Gasteiger charge is -2.33. The predicted octanol–water partition coefficient (Wildman–Crippen LogP) is 3.63. The number of carbonyl (C=O) groups is 1. The molecular weight excluding hydrogens is 366 g/mol. The van der Waals surface area contributed by atoms with Gasteiger partial charge in [-0.15, -0.1) is 21.5 Å². The average Bonchev–Trinajstić information content (AvgIpc) is 3.13. The van der Waals surface area contributed by atoms with E-state index in [1.807, 2.05) is 7.05 Å². The van der Waals surface area contributed by atoms with Crippen LogP contribution in [0.4, 0.5) is 5.00 Å².